The fourth-order valence-electron chi connectivity index (χ4n) is 2.72. The first-order chi connectivity index (χ1) is 10.6. The molecule has 1 aromatic heterocycles. The number of benzene rings is 1. The molecular formula is C16H14N2O3S. The number of fused-ring (bicyclic) bond motifs is 1. The molecule has 1 aliphatic heterocycles. The normalized spacial score (nSPS) is 20.6. The highest BCUT2D eigenvalue weighted by atomic mass is 32.2. The third-order valence-corrected chi connectivity index (χ3v) is 4.66. The summed E-state index contributed by atoms with van der Waals surface area (Å²) in [6, 6.07) is 11.0. The van der Waals surface area contributed by atoms with Crippen LogP contribution in [0.3, 0.4) is 0 Å². The number of para-hydroxylation sites is 1. The quantitative estimate of drug-likeness (QED) is 0.879. The number of nitrogens with zero attached hydrogens (tertiary/aromatic N) is 2. The molecule has 2 aromatic rings. The first-order valence-electron chi connectivity index (χ1n) is 6.73. The molecule has 5 nitrogen and oxygen atoms in total. The van der Waals surface area contributed by atoms with E-state index in [9.17, 15) is 14.7 Å². The van der Waals surface area contributed by atoms with Crippen LogP contribution in [0.25, 0.3) is 0 Å². The summed E-state index contributed by atoms with van der Waals surface area (Å²) in [6.07, 6.45) is 4.94. The van der Waals surface area contributed by atoms with Crippen LogP contribution in [0, 0.1) is 5.92 Å². The maximum Gasteiger partial charge on any atom is 0.317 e. The van der Waals surface area contributed by atoms with Crippen molar-refractivity contribution in [1.29, 1.82) is 0 Å². The van der Waals surface area contributed by atoms with E-state index in [2.05, 4.69) is 4.98 Å². The predicted molar refractivity (Wildman–Crippen MR) is 85.6 cm³/mol. The Balaban J connectivity index is 2.23. The summed E-state index contributed by atoms with van der Waals surface area (Å²) in [5, 5.41) is 9.01. The molecule has 1 aliphatic rings. The minimum atomic E-state index is -1.11. The Morgan fingerprint density at radius 2 is 2.00 bits per heavy atom. The van der Waals surface area contributed by atoms with Gasteiger partial charge >= 0.3 is 5.97 Å². The average molecular weight is 314 g/mol. The van der Waals surface area contributed by atoms with Gasteiger partial charge in [-0.05, 0) is 24.5 Å². The number of Topliss-reactive ketones (excluding diaryl/α,β-unsaturated/α-hetero) is 1. The summed E-state index contributed by atoms with van der Waals surface area (Å²) in [6.45, 7) is 0. The Morgan fingerprint density at radius 3 is 2.64 bits per heavy atom. The van der Waals surface area contributed by atoms with Crippen molar-refractivity contribution >= 4 is 34.9 Å². The van der Waals surface area contributed by atoms with Gasteiger partial charge in [-0.1, -0.05) is 18.2 Å². The van der Waals surface area contributed by atoms with E-state index < -0.39 is 17.3 Å². The molecule has 0 saturated heterocycles. The molecule has 0 saturated carbocycles. The monoisotopic (exact) mass is 314 g/mol. The minimum absolute atomic E-state index is 0.364. The number of ketones is 1. The van der Waals surface area contributed by atoms with E-state index in [4.69, 9.17) is 0 Å². The number of aliphatic carboxylic acids is 1. The van der Waals surface area contributed by atoms with Crippen LogP contribution in [0.2, 0.25) is 0 Å². The lowest BCUT2D eigenvalue weighted by Gasteiger charge is -2.40. The van der Waals surface area contributed by atoms with Gasteiger partial charge in [0.2, 0.25) is 0 Å². The van der Waals surface area contributed by atoms with Crippen LogP contribution in [0.4, 0.5) is 11.4 Å². The van der Waals surface area contributed by atoms with Gasteiger partial charge in [-0.15, -0.1) is 11.8 Å². The molecule has 0 bridgehead atoms. The summed E-state index contributed by atoms with van der Waals surface area (Å²) in [5.74, 6) is -2.57. The number of carboxylic acid groups (broad SMARTS) is 1. The molecule has 2 heterocycles. The number of hydrogen-bond donors (Lipinski definition) is 1. The lowest BCUT2D eigenvalue weighted by Crippen LogP contribution is -2.47. The lowest BCUT2D eigenvalue weighted by atomic mass is 9.91. The van der Waals surface area contributed by atoms with Crippen LogP contribution < -0.4 is 4.90 Å². The van der Waals surface area contributed by atoms with Gasteiger partial charge in [0, 0.05) is 17.4 Å². The number of carboxylic acids is 1. The molecule has 1 aromatic carbocycles. The summed E-state index contributed by atoms with van der Waals surface area (Å²) in [5.41, 5.74) is 1.89. The fourth-order valence-corrected chi connectivity index (χ4v) is 3.68. The Morgan fingerprint density at radius 1 is 1.27 bits per heavy atom. The molecular weight excluding hydrogens is 300 g/mol. The number of pyridine rings is 1. The second-order valence-corrected chi connectivity index (χ2v) is 5.86. The Labute approximate surface area is 132 Å². The Hall–Kier alpha value is -2.34. The number of thioether (sulfide) groups is 1. The van der Waals surface area contributed by atoms with Crippen LogP contribution >= 0.6 is 11.8 Å². The van der Waals surface area contributed by atoms with Crippen molar-refractivity contribution in [1.82, 2.24) is 4.98 Å². The molecule has 0 radical (unpaired) electrons. The lowest BCUT2D eigenvalue weighted by molar-refractivity contribution is -0.139. The van der Waals surface area contributed by atoms with E-state index in [0.29, 0.717) is 11.3 Å². The average Bonchev–Trinajstić information content (AvgIpc) is 2.55. The zero-order valence-corrected chi connectivity index (χ0v) is 12.7. The molecule has 22 heavy (non-hydrogen) atoms. The summed E-state index contributed by atoms with van der Waals surface area (Å²) < 4.78 is 0. The number of carbonyl (C=O) groups excluding carboxylic acids is 1. The molecule has 0 amide bonds. The predicted octanol–water partition coefficient (Wildman–Crippen LogP) is 2.81. The Bertz CT molecular complexity index is 720. The highest BCUT2D eigenvalue weighted by Crippen LogP contribution is 2.42. The number of rotatable bonds is 3. The highest BCUT2D eigenvalue weighted by molar-refractivity contribution is 7.99. The van der Waals surface area contributed by atoms with Crippen LogP contribution in [0.1, 0.15) is 10.4 Å². The minimum Gasteiger partial charge on any atom is -0.481 e. The van der Waals surface area contributed by atoms with Gasteiger partial charge in [0.1, 0.15) is 11.3 Å². The summed E-state index contributed by atoms with van der Waals surface area (Å²) in [7, 11) is 0. The number of aromatic nitrogens is 1. The first kappa shape index (κ1) is 14.6. The molecule has 0 fully saturated rings. The van der Waals surface area contributed by atoms with Gasteiger partial charge in [-0.2, -0.15) is 0 Å². The summed E-state index contributed by atoms with van der Waals surface area (Å²) >= 11 is 1.35. The van der Waals surface area contributed by atoms with Crippen molar-refractivity contribution in [2.75, 3.05) is 11.2 Å². The van der Waals surface area contributed by atoms with E-state index in [0.717, 1.165) is 5.69 Å². The largest absolute Gasteiger partial charge is 0.481 e. The fraction of sp³-hybridized carbons (Fsp3) is 0.188. The van der Waals surface area contributed by atoms with Crippen LogP contribution in [0.15, 0.2) is 48.8 Å². The molecule has 6 heteroatoms. The third kappa shape index (κ3) is 2.25. The molecule has 2 unspecified atom stereocenters. The van der Waals surface area contributed by atoms with Crippen molar-refractivity contribution < 1.29 is 14.7 Å². The SMILES string of the molecule is CSC1C(C(=O)O)C(=O)c2ccncc2N1c1ccccc1. The van der Waals surface area contributed by atoms with Gasteiger partial charge in [0.25, 0.3) is 0 Å². The van der Waals surface area contributed by atoms with Crippen LogP contribution in [0.5, 0.6) is 0 Å². The molecule has 2 atom stereocenters. The molecule has 112 valence electrons. The third-order valence-electron chi connectivity index (χ3n) is 3.69. The van der Waals surface area contributed by atoms with E-state index in [1.54, 1.807) is 12.3 Å². The molecule has 0 spiro atoms. The number of carbonyl (C=O) groups is 2. The Kier molecular flexibility index (Phi) is 3.85. The second-order valence-electron chi connectivity index (χ2n) is 4.90. The van der Waals surface area contributed by atoms with Crippen molar-refractivity contribution in [2.24, 2.45) is 5.92 Å². The second kappa shape index (κ2) is 5.81. The van der Waals surface area contributed by atoms with Crippen molar-refractivity contribution in [3.8, 4) is 0 Å². The van der Waals surface area contributed by atoms with Crippen molar-refractivity contribution in [3.05, 3.63) is 54.4 Å². The summed E-state index contributed by atoms with van der Waals surface area (Å²) in [4.78, 5) is 30.2. The highest BCUT2D eigenvalue weighted by Gasteiger charge is 2.45. The molecule has 0 aliphatic carbocycles. The van der Waals surface area contributed by atoms with Gasteiger partial charge in [0.05, 0.1) is 11.9 Å². The van der Waals surface area contributed by atoms with Gasteiger partial charge in [0.15, 0.2) is 5.78 Å². The van der Waals surface area contributed by atoms with Gasteiger partial charge < -0.3 is 10.0 Å². The van der Waals surface area contributed by atoms with E-state index in [1.165, 1.54) is 18.0 Å². The van der Waals surface area contributed by atoms with Gasteiger partial charge in [-0.25, -0.2) is 0 Å². The van der Waals surface area contributed by atoms with E-state index in [-0.39, 0.29) is 5.78 Å². The topological polar surface area (TPSA) is 70.5 Å². The molecule has 1 N–H and O–H groups in total. The number of hydrogen-bond acceptors (Lipinski definition) is 5. The van der Waals surface area contributed by atoms with E-state index in [1.807, 2.05) is 41.5 Å². The zero-order valence-electron chi connectivity index (χ0n) is 11.8. The van der Waals surface area contributed by atoms with Crippen LogP contribution in [-0.4, -0.2) is 33.5 Å². The van der Waals surface area contributed by atoms with E-state index >= 15 is 0 Å². The smallest absolute Gasteiger partial charge is 0.317 e. The number of anilines is 2. The maximum atomic E-state index is 12.6. The van der Waals surface area contributed by atoms with Crippen molar-refractivity contribution in [3.63, 3.8) is 0 Å². The van der Waals surface area contributed by atoms with Crippen LogP contribution in [-0.2, 0) is 4.79 Å². The standard InChI is InChI=1S/C16H14N2O3S/c1-22-15-13(16(20)21)14(19)11-7-8-17-9-12(11)18(15)10-5-3-2-4-6-10/h2-9,13,15H,1H3,(H,20,21). The molecule has 3 rings (SSSR count). The maximum absolute atomic E-state index is 12.6. The first-order valence-corrected chi connectivity index (χ1v) is 8.02. The zero-order chi connectivity index (χ0) is 15.7. The van der Waals surface area contributed by atoms with Gasteiger partial charge in [-0.3, -0.25) is 14.6 Å². The van der Waals surface area contributed by atoms with Crippen molar-refractivity contribution in [2.45, 2.75) is 5.37 Å².